The first-order valence-corrected chi connectivity index (χ1v) is 5.78. The van der Waals surface area contributed by atoms with Gasteiger partial charge in [0, 0.05) is 19.1 Å². The standard InChI is InChI=1S/C8H5BFIO2S/c10-5-3-6(11)4-1-2-14-8(4)7(5)9(12)13/h1-3,12-13H. The molecule has 0 saturated heterocycles. The normalized spacial score (nSPS) is 10.9. The van der Waals surface area contributed by atoms with Crippen LogP contribution in [0.1, 0.15) is 0 Å². The molecule has 0 amide bonds. The largest absolute Gasteiger partial charge is 0.492 e. The van der Waals surface area contributed by atoms with Crippen LogP contribution in [-0.2, 0) is 0 Å². The summed E-state index contributed by atoms with van der Waals surface area (Å²) in [4.78, 5) is 0. The average molecular weight is 322 g/mol. The molecule has 0 spiro atoms. The van der Waals surface area contributed by atoms with Crippen molar-refractivity contribution in [1.82, 2.24) is 0 Å². The van der Waals surface area contributed by atoms with E-state index in [9.17, 15) is 4.39 Å². The van der Waals surface area contributed by atoms with Gasteiger partial charge in [0.1, 0.15) is 5.82 Å². The molecule has 0 bridgehead atoms. The summed E-state index contributed by atoms with van der Waals surface area (Å²) in [6.45, 7) is 0. The van der Waals surface area contributed by atoms with Crippen molar-refractivity contribution in [1.29, 1.82) is 0 Å². The lowest BCUT2D eigenvalue weighted by Gasteiger charge is -2.04. The van der Waals surface area contributed by atoms with Gasteiger partial charge in [0.25, 0.3) is 0 Å². The second kappa shape index (κ2) is 3.76. The molecule has 2 nitrogen and oxygen atoms in total. The summed E-state index contributed by atoms with van der Waals surface area (Å²) in [6.07, 6.45) is 0. The highest BCUT2D eigenvalue weighted by molar-refractivity contribution is 14.1. The highest BCUT2D eigenvalue weighted by Crippen LogP contribution is 2.25. The van der Waals surface area contributed by atoms with Gasteiger partial charge in [-0.1, -0.05) is 0 Å². The van der Waals surface area contributed by atoms with Gasteiger partial charge in [0.2, 0.25) is 0 Å². The van der Waals surface area contributed by atoms with Crippen molar-refractivity contribution in [3.63, 3.8) is 0 Å². The fourth-order valence-electron chi connectivity index (χ4n) is 1.32. The van der Waals surface area contributed by atoms with Gasteiger partial charge < -0.3 is 10.0 Å². The molecule has 0 atom stereocenters. The van der Waals surface area contributed by atoms with Crippen molar-refractivity contribution in [2.75, 3.05) is 0 Å². The van der Waals surface area contributed by atoms with Crippen molar-refractivity contribution in [2.45, 2.75) is 0 Å². The van der Waals surface area contributed by atoms with Gasteiger partial charge in [-0.3, -0.25) is 0 Å². The Bertz CT molecular complexity index is 485. The third-order valence-electron chi connectivity index (χ3n) is 1.94. The summed E-state index contributed by atoms with van der Waals surface area (Å²) in [5.41, 5.74) is -0.0320. The maximum absolute atomic E-state index is 13.4. The van der Waals surface area contributed by atoms with E-state index < -0.39 is 12.9 Å². The van der Waals surface area contributed by atoms with E-state index in [0.29, 0.717) is 4.70 Å². The minimum atomic E-state index is -1.76. The molecule has 72 valence electrons. The van der Waals surface area contributed by atoms with E-state index in [0.717, 1.165) is 8.96 Å². The molecular weight excluding hydrogens is 317 g/mol. The summed E-state index contributed by atoms with van der Waals surface area (Å²) in [7, 11) is -1.76. The third-order valence-corrected chi connectivity index (χ3v) is 3.78. The van der Waals surface area contributed by atoms with Gasteiger partial charge in [-0.2, -0.15) is 0 Å². The number of rotatable bonds is 1. The average Bonchev–Trinajstić information content (AvgIpc) is 2.51. The fourth-order valence-corrected chi connectivity index (χ4v) is 3.20. The van der Waals surface area contributed by atoms with Gasteiger partial charge in [-0.25, -0.2) is 4.39 Å². The molecule has 0 radical (unpaired) electrons. The van der Waals surface area contributed by atoms with Crippen LogP contribution in [0.4, 0.5) is 4.39 Å². The van der Waals surface area contributed by atoms with Crippen LogP contribution in [0.3, 0.4) is 0 Å². The van der Waals surface area contributed by atoms with E-state index in [1.807, 2.05) is 28.7 Å². The van der Waals surface area contributed by atoms with Gasteiger partial charge >= 0.3 is 7.12 Å². The minimum Gasteiger partial charge on any atom is -0.423 e. The Morgan fingerprint density at radius 2 is 2.14 bits per heavy atom. The molecule has 2 aromatic rings. The Hall–Kier alpha value is -0.175. The molecule has 14 heavy (non-hydrogen) atoms. The highest BCUT2D eigenvalue weighted by Gasteiger charge is 2.22. The monoisotopic (exact) mass is 322 g/mol. The Morgan fingerprint density at radius 1 is 1.43 bits per heavy atom. The lowest BCUT2D eigenvalue weighted by Crippen LogP contribution is -2.33. The number of benzene rings is 1. The molecule has 0 fully saturated rings. The van der Waals surface area contributed by atoms with Crippen molar-refractivity contribution in [2.24, 2.45) is 0 Å². The Kier molecular flexibility index (Phi) is 2.78. The predicted octanol–water partition coefficient (Wildman–Crippen LogP) is 1.32. The molecule has 6 heteroatoms. The van der Waals surface area contributed by atoms with Crippen LogP contribution in [0.15, 0.2) is 17.5 Å². The second-order valence-electron chi connectivity index (χ2n) is 2.79. The SMILES string of the molecule is OB(O)c1c(F)cc(I)c2ccsc12. The summed E-state index contributed by atoms with van der Waals surface area (Å²) < 4.78 is 14.8. The second-order valence-corrected chi connectivity index (χ2v) is 4.87. The van der Waals surface area contributed by atoms with E-state index in [-0.39, 0.29) is 5.46 Å². The van der Waals surface area contributed by atoms with Crippen LogP contribution in [0.5, 0.6) is 0 Å². The number of hydrogen-bond acceptors (Lipinski definition) is 3. The van der Waals surface area contributed by atoms with E-state index in [1.165, 1.54) is 17.4 Å². The summed E-state index contributed by atoms with van der Waals surface area (Å²) >= 11 is 3.33. The quantitative estimate of drug-likeness (QED) is 0.614. The van der Waals surface area contributed by atoms with Crippen LogP contribution in [-0.4, -0.2) is 17.2 Å². The lowest BCUT2D eigenvalue weighted by atomic mass is 9.79. The molecule has 0 aliphatic carbocycles. The van der Waals surface area contributed by atoms with E-state index in [2.05, 4.69) is 0 Å². The minimum absolute atomic E-state index is 0.0320. The first kappa shape index (κ1) is 10.3. The smallest absolute Gasteiger partial charge is 0.423 e. The topological polar surface area (TPSA) is 40.5 Å². The van der Waals surface area contributed by atoms with E-state index in [4.69, 9.17) is 10.0 Å². The van der Waals surface area contributed by atoms with Crippen molar-refractivity contribution < 1.29 is 14.4 Å². The predicted molar refractivity (Wildman–Crippen MR) is 64.3 cm³/mol. The number of hydrogen-bond donors (Lipinski definition) is 2. The van der Waals surface area contributed by atoms with Crippen molar-refractivity contribution >= 4 is 56.6 Å². The summed E-state index contributed by atoms with van der Waals surface area (Å²) in [5, 5.41) is 20.7. The Balaban J connectivity index is 2.86. The molecule has 0 aliphatic rings. The molecule has 0 saturated carbocycles. The van der Waals surface area contributed by atoms with Crippen LogP contribution in [0, 0.1) is 9.39 Å². The van der Waals surface area contributed by atoms with Gasteiger partial charge in [0.05, 0.1) is 0 Å². The number of halogens is 2. The van der Waals surface area contributed by atoms with Crippen LogP contribution >= 0.6 is 33.9 Å². The van der Waals surface area contributed by atoms with E-state index in [1.54, 1.807) is 5.38 Å². The lowest BCUT2D eigenvalue weighted by molar-refractivity contribution is 0.423. The first-order valence-electron chi connectivity index (χ1n) is 3.82. The fraction of sp³-hybridized carbons (Fsp3) is 0. The van der Waals surface area contributed by atoms with Crippen LogP contribution in [0.2, 0.25) is 0 Å². The molecular formula is C8H5BFIO2S. The maximum atomic E-state index is 13.4. The zero-order valence-electron chi connectivity index (χ0n) is 6.87. The van der Waals surface area contributed by atoms with Crippen molar-refractivity contribution in [3.8, 4) is 0 Å². The molecule has 1 aromatic carbocycles. The number of fused-ring (bicyclic) bond motifs is 1. The summed E-state index contributed by atoms with van der Waals surface area (Å²) in [6, 6.07) is 3.15. The molecule has 0 unspecified atom stereocenters. The van der Waals surface area contributed by atoms with Crippen molar-refractivity contribution in [3.05, 3.63) is 26.9 Å². The molecule has 1 heterocycles. The van der Waals surface area contributed by atoms with E-state index >= 15 is 0 Å². The van der Waals surface area contributed by atoms with Gasteiger partial charge in [-0.15, -0.1) is 11.3 Å². The Labute approximate surface area is 97.7 Å². The zero-order valence-corrected chi connectivity index (χ0v) is 9.84. The molecule has 0 aliphatic heterocycles. The maximum Gasteiger partial charge on any atom is 0.492 e. The zero-order chi connectivity index (χ0) is 10.3. The summed E-state index contributed by atoms with van der Waals surface area (Å²) in [5.74, 6) is -0.570. The molecule has 1 aromatic heterocycles. The molecule has 2 rings (SSSR count). The molecule has 2 N–H and O–H groups in total. The third kappa shape index (κ3) is 1.56. The van der Waals surface area contributed by atoms with Gasteiger partial charge in [-0.05, 0) is 40.1 Å². The first-order chi connectivity index (χ1) is 6.61. The van der Waals surface area contributed by atoms with Crippen LogP contribution < -0.4 is 5.46 Å². The number of thiophene rings is 1. The van der Waals surface area contributed by atoms with Gasteiger partial charge in [0.15, 0.2) is 0 Å². The highest BCUT2D eigenvalue weighted by atomic mass is 127. The Morgan fingerprint density at radius 3 is 2.79 bits per heavy atom. The van der Waals surface area contributed by atoms with Crippen LogP contribution in [0.25, 0.3) is 10.1 Å².